The number of methoxy groups -OCH3 is 1. The predicted molar refractivity (Wildman–Crippen MR) is 67.3 cm³/mol. The van der Waals surface area contributed by atoms with Crippen molar-refractivity contribution >= 4 is 0 Å². The second-order valence-electron chi connectivity index (χ2n) is 4.58. The van der Waals surface area contributed by atoms with Gasteiger partial charge in [-0.05, 0) is 39.8 Å². The summed E-state index contributed by atoms with van der Waals surface area (Å²) in [6.07, 6.45) is 8.05. The molecule has 0 spiro atoms. The Morgan fingerprint density at radius 2 is 1.60 bits per heavy atom. The van der Waals surface area contributed by atoms with Crippen LogP contribution in [0.15, 0.2) is 0 Å². The Morgan fingerprint density at radius 3 is 2.00 bits per heavy atom. The van der Waals surface area contributed by atoms with Crippen molar-refractivity contribution in [3.63, 3.8) is 0 Å². The van der Waals surface area contributed by atoms with Crippen LogP contribution in [0.3, 0.4) is 0 Å². The molecule has 2 atom stereocenters. The van der Waals surface area contributed by atoms with Gasteiger partial charge in [0.1, 0.15) is 0 Å². The van der Waals surface area contributed by atoms with Gasteiger partial charge in [-0.3, -0.25) is 0 Å². The van der Waals surface area contributed by atoms with E-state index in [1.165, 1.54) is 32.1 Å². The van der Waals surface area contributed by atoms with Gasteiger partial charge in [-0.25, -0.2) is 0 Å². The number of hydrogen-bond acceptors (Lipinski definition) is 2. The highest BCUT2D eigenvalue weighted by Gasteiger charge is 2.09. The van der Waals surface area contributed by atoms with Gasteiger partial charge in [0.2, 0.25) is 0 Å². The van der Waals surface area contributed by atoms with Crippen molar-refractivity contribution in [2.45, 2.75) is 64.5 Å². The Bertz CT molecular complexity index is 132. The van der Waals surface area contributed by atoms with Gasteiger partial charge in [0.05, 0.1) is 6.10 Å². The molecule has 0 aromatic rings. The Labute approximate surface area is 96.0 Å². The van der Waals surface area contributed by atoms with E-state index in [-0.39, 0.29) is 0 Å². The molecular weight excluding hydrogens is 186 g/mol. The second kappa shape index (κ2) is 9.17. The van der Waals surface area contributed by atoms with E-state index in [1.54, 1.807) is 0 Å². The Balaban J connectivity index is 3.51. The molecule has 15 heavy (non-hydrogen) atoms. The first-order valence-corrected chi connectivity index (χ1v) is 6.34. The summed E-state index contributed by atoms with van der Waals surface area (Å²) in [7, 11) is 6.18. The van der Waals surface area contributed by atoms with Crippen molar-refractivity contribution in [2.24, 2.45) is 0 Å². The maximum absolute atomic E-state index is 5.37. The first kappa shape index (κ1) is 14.9. The maximum Gasteiger partial charge on any atom is 0.0568 e. The van der Waals surface area contributed by atoms with E-state index in [9.17, 15) is 0 Å². The Hall–Kier alpha value is -0.0800. The lowest BCUT2D eigenvalue weighted by Crippen LogP contribution is -2.27. The molecule has 0 radical (unpaired) electrons. The smallest absolute Gasteiger partial charge is 0.0568 e. The van der Waals surface area contributed by atoms with Crippen molar-refractivity contribution < 1.29 is 4.74 Å². The van der Waals surface area contributed by atoms with E-state index in [0.717, 1.165) is 12.5 Å². The fourth-order valence-electron chi connectivity index (χ4n) is 2.07. The molecule has 0 aromatic carbocycles. The number of nitrogens with zero attached hydrogens (tertiary/aromatic N) is 1. The zero-order valence-electron chi connectivity index (χ0n) is 11.3. The Morgan fingerprint density at radius 1 is 1.00 bits per heavy atom. The minimum absolute atomic E-state index is 0.476. The fourth-order valence-corrected chi connectivity index (χ4v) is 2.07. The summed E-state index contributed by atoms with van der Waals surface area (Å²) in [5, 5.41) is 0. The lowest BCUT2D eigenvalue weighted by Gasteiger charge is -2.23. The minimum Gasteiger partial charge on any atom is -0.381 e. The van der Waals surface area contributed by atoms with E-state index >= 15 is 0 Å². The summed E-state index contributed by atoms with van der Waals surface area (Å²) >= 11 is 0. The molecule has 0 saturated heterocycles. The highest BCUT2D eigenvalue weighted by molar-refractivity contribution is 4.64. The van der Waals surface area contributed by atoms with Crippen molar-refractivity contribution in [1.29, 1.82) is 0 Å². The van der Waals surface area contributed by atoms with Crippen LogP contribution in [0.4, 0.5) is 0 Å². The maximum atomic E-state index is 5.37. The van der Waals surface area contributed by atoms with Crippen LogP contribution in [0.2, 0.25) is 0 Å². The van der Waals surface area contributed by atoms with Crippen LogP contribution < -0.4 is 0 Å². The average Bonchev–Trinajstić information content (AvgIpc) is 2.23. The first-order valence-electron chi connectivity index (χ1n) is 6.34. The highest BCUT2D eigenvalue weighted by Crippen LogP contribution is 2.13. The normalized spacial score (nSPS) is 15.6. The van der Waals surface area contributed by atoms with Crippen LogP contribution in [-0.2, 0) is 4.74 Å². The molecular formula is C13H29NO. The average molecular weight is 215 g/mol. The van der Waals surface area contributed by atoms with Gasteiger partial charge >= 0.3 is 0 Å². The molecule has 0 amide bonds. The van der Waals surface area contributed by atoms with Crippen LogP contribution >= 0.6 is 0 Å². The van der Waals surface area contributed by atoms with Crippen molar-refractivity contribution in [3.05, 3.63) is 0 Å². The quantitative estimate of drug-likeness (QED) is 0.547. The monoisotopic (exact) mass is 215 g/mol. The third-order valence-corrected chi connectivity index (χ3v) is 3.30. The summed E-state index contributed by atoms with van der Waals surface area (Å²) in [6.45, 7) is 4.47. The van der Waals surface area contributed by atoms with Gasteiger partial charge in [0.25, 0.3) is 0 Å². The molecule has 0 fully saturated rings. The van der Waals surface area contributed by atoms with E-state index in [4.69, 9.17) is 4.74 Å². The van der Waals surface area contributed by atoms with Gasteiger partial charge in [0, 0.05) is 13.2 Å². The molecule has 0 N–H and O–H groups in total. The van der Waals surface area contributed by atoms with Gasteiger partial charge in [0.15, 0.2) is 0 Å². The lowest BCUT2D eigenvalue weighted by atomic mass is 10.0. The molecule has 2 nitrogen and oxygen atoms in total. The van der Waals surface area contributed by atoms with Crippen molar-refractivity contribution in [2.75, 3.05) is 21.2 Å². The summed E-state index contributed by atoms with van der Waals surface area (Å²) in [5.74, 6) is 0. The molecule has 0 rings (SSSR count). The second-order valence-corrected chi connectivity index (χ2v) is 4.58. The first-order chi connectivity index (χ1) is 7.15. The highest BCUT2D eigenvalue weighted by atomic mass is 16.5. The van der Waals surface area contributed by atoms with Crippen LogP contribution in [0.25, 0.3) is 0 Å². The van der Waals surface area contributed by atoms with Gasteiger partial charge < -0.3 is 9.64 Å². The van der Waals surface area contributed by atoms with E-state index in [1.807, 2.05) is 7.11 Å². The molecule has 0 aliphatic rings. The number of rotatable bonds is 9. The summed E-state index contributed by atoms with van der Waals surface area (Å²) in [5.41, 5.74) is 0. The number of hydrogen-bond donors (Lipinski definition) is 0. The van der Waals surface area contributed by atoms with Crippen molar-refractivity contribution in [3.8, 4) is 0 Å². The SMILES string of the molecule is CCC(CCCCC(CC)N(C)C)OC. The van der Waals surface area contributed by atoms with Gasteiger partial charge in [-0.2, -0.15) is 0 Å². The third-order valence-electron chi connectivity index (χ3n) is 3.30. The van der Waals surface area contributed by atoms with E-state index in [2.05, 4.69) is 32.8 Å². The standard InChI is InChI=1S/C13H29NO/c1-6-12(14(3)4)10-8-9-11-13(7-2)15-5/h12-13H,6-11H2,1-5H3. The third kappa shape index (κ3) is 6.91. The number of ether oxygens (including phenoxy) is 1. The van der Waals surface area contributed by atoms with Gasteiger partial charge in [-0.1, -0.05) is 26.7 Å². The van der Waals surface area contributed by atoms with Crippen LogP contribution in [0, 0.1) is 0 Å². The van der Waals surface area contributed by atoms with E-state index in [0.29, 0.717) is 6.10 Å². The topological polar surface area (TPSA) is 12.5 Å². The zero-order valence-corrected chi connectivity index (χ0v) is 11.3. The number of unbranched alkanes of at least 4 members (excludes halogenated alkanes) is 1. The molecule has 0 aliphatic carbocycles. The predicted octanol–water partition coefficient (Wildman–Crippen LogP) is 3.31. The Kier molecular flexibility index (Phi) is 9.12. The molecule has 0 heterocycles. The fraction of sp³-hybridized carbons (Fsp3) is 1.00. The van der Waals surface area contributed by atoms with Crippen LogP contribution in [0.5, 0.6) is 0 Å². The molecule has 92 valence electrons. The molecule has 2 unspecified atom stereocenters. The lowest BCUT2D eigenvalue weighted by molar-refractivity contribution is 0.0891. The minimum atomic E-state index is 0.476. The van der Waals surface area contributed by atoms with Gasteiger partial charge in [-0.15, -0.1) is 0 Å². The summed E-state index contributed by atoms with van der Waals surface area (Å²) in [6, 6.07) is 0.757. The molecule has 0 saturated carbocycles. The molecule has 0 bridgehead atoms. The molecule has 0 aromatic heterocycles. The summed E-state index contributed by atoms with van der Waals surface area (Å²) < 4.78 is 5.37. The molecule has 2 heteroatoms. The van der Waals surface area contributed by atoms with Crippen LogP contribution in [0.1, 0.15) is 52.4 Å². The van der Waals surface area contributed by atoms with Crippen LogP contribution in [-0.4, -0.2) is 38.3 Å². The molecule has 0 aliphatic heterocycles. The van der Waals surface area contributed by atoms with E-state index < -0.39 is 0 Å². The zero-order chi connectivity index (χ0) is 11.7. The summed E-state index contributed by atoms with van der Waals surface area (Å²) in [4.78, 5) is 2.34. The largest absolute Gasteiger partial charge is 0.381 e. The van der Waals surface area contributed by atoms with Crippen molar-refractivity contribution in [1.82, 2.24) is 4.90 Å².